The average molecular weight is 210 g/mol. The lowest BCUT2D eigenvalue weighted by Crippen LogP contribution is -2.05. The molecule has 0 spiro atoms. The number of aromatic nitrogens is 5. The Bertz CT molecular complexity index is 381. The number of aryl methyl sites for hydroxylation is 1. The Morgan fingerprint density at radius 3 is 3.07 bits per heavy atom. The lowest BCUT2D eigenvalue weighted by atomic mass is 10.4. The number of H-pyrrole nitrogens is 1. The van der Waals surface area contributed by atoms with E-state index >= 15 is 0 Å². The predicted molar refractivity (Wildman–Crippen MR) is 53.2 cm³/mol. The van der Waals surface area contributed by atoms with Gasteiger partial charge in [-0.1, -0.05) is 11.3 Å². The van der Waals surface area contributed by atoms with Gasteiger partial charge >= 0.3 is 0 Å². The van der Waals surface area contributed by atoms with Gasteiger partial charge in [0, 0.05) is 13.0 Å². The SMILES string of the molecule is Cc1nnc(NCCc2ncn[nH]2)s1. The molecule has 7 heteroatoms. The van der Waals surface area contributed by atoms with Crippen LogP contribution in [0.2, 0.25) is 0 Å². The van der Waals surface area contributed by atoms with Gasteiger partial charge in [-0.3, -0.25) is 5.10 Å². The van der Waals surface area contributed by atoms with Crippen molar-refractivity contribution in [2.75, 3.05) is 11.9 Å². The third-order valence-electron chi connectivity index (χ3n) is 1.63. The van der Waals surface area contributed by atoms with E-state index in [2.05, 4.69) is 30.7 Å². The van der Waals surface area contributed by atoms with E-state index in [-0.39, 0.29) is 0 Å². The molecular formula is C7H10N6S. The lowest BCUT2D eigenvalue weighted by Gasteiger charge is -1.97. The highest BCUT2D eigenvalue weighted by Crippen LogP contribution is 2.12. The minimum absolute atomic E-state index is 0.782. The van der Waals surface area contributed by atoms with Crippen molar-refractivity contribution in [1.82, 2.24) is 25.4 Å². The van der Waals surface area contributed by atoms with Crippen LogP contribution >= 0.6 is 11.3 Å². The fourth-order valence-electron chi connectivity index (χ4n) is 1.01. The molecule has 6 nitrogen and oxygen atoms in total. The number of rotatable bonds is 4. The Morgan fingerprint density at radius 1 is 1.50 bits per heavy atom. The minimum Gasteiger partial charge on any atom is -0.360 e. The van der Waals surface area contributed by atoms with Gasteiger partial charge in [0.1, 0.15) is 17.2 Å². The van der Waals surface area contributed by atoms with Crippen molar-refractivity contribution in [3.8, 4) is 0 Å². The van der Waals surface area contributed by atoms with Crippen molar-refractivity contribution in [1.29, 1.82) is 0 Å². The van der Waals surface area contributed by atoms with E-state index in [1.165, 1.54) is 6.33 Å². The van der Waals surface area contributed by atoms with Crippen molar-refractivity contribution in [2.45, 2.75) is 13.3 Å². The summed E-state index contributed by atoms with van der Waals surface area (Å²) in [7, 11) is 0. The molecule has 2 aromatic rings. The number of aromatic amines is 1. The van der Waals surface area contributed by atoms with Gasteiger partial charge in [0.15, 0.2) is 0 Å². The minimum atomic E-state index is 0.782. The maximum absolute atomic E-state index is 4.01. The van der Waals surface area contributed by atoms with Crippen LogP contribution in [-0.2, 0) is 6.42 Å². The van der Waals surface area contributed by atoms with Crippen molar-refractivity contribution in [3.05, 3.63) is 17.2 Å². The molecule has 0 aromatic carbocycles. The van der Waals surface area contributed by atoms with Gasteiger partial charge in [0.2, 0.25) is 5.13 Å². The standard InChI is InChI=1S/C7H10N6S/c1-5-11-13-7(14-5)8-3-2-6-9-4-10-12-6/h4H,2-3H2,1H3,(H,8,13)(H,9,10,12). The summed E-state index contributed by atoms with van der Waals surface area (Å²) in [6.07, 6.45) is 2.31. The molecule has 0 radical (unpaired) electrons. The largest absolute Gasteiger partial charge is 0.360 e. The van der Waals surface area contributed by atoms with Crippen LogP contribution in [0, 0.1) is 6.92 Å². The Hall–Kier alpha value is -1.50. The first-order valence-corrected chi connectivity index (χ1v) is 5.04. The monoisotopic (exact) mass is 210 g/mol. The van der Waals surface area contributed by atoms with E-state index in [4.69, 9.17) is 0 Å². The summed E-state index contributed by atoms with van der Waals surface area (Å²) in [5.74, 6) is 0.874. The third-order valence-corrected chi connectivity index (χ3v) is 2.43. The molecule has 74 valence electrons. The number of nitrogens with one attached hydrogen (secondary N) is 2. The Morgan fingerprint density at radius 2 is 2.43 bits per heavy atom. The zero-order valence-corrected chi connectivity index (χ0v) is 8.51. The summed E-state index contributed by atoms with van der Waals surface area (Å²) in [4.78, 5) is 4.01. The molecule has 0 saturated heterocycles. The van der Waals surface area contributed by atoms with Gasteiger partial charge in [-0.25, -0.2) is 4.98 Å². The van der Waals surface area contributed by atoms with E-state index in [1.54, 1.807) is 11.3 Å². The molecule has 0 aliphatic rings. The summed E-state index contributed by atoms with van der Waals surface area (Å²) in [5, 5.41) is 19.4. The molecular weight excluding hydrogens is 200 g/mol. The van der Waals surface area contributed by atoms with Crippen molar-refractivity contribution in [2.24, 2.45) is 0 Å². The van der Waals surface area contributed by atoms with E-state index in [1.807, 2.05) is 6.92 Å². The molecule has 2 rings (SSSR count). The zero-order chi connectivity index (χ0) is 9.80. The second-order valence-corrected chi connectivity index (χ2v) is 3.92. The molecule has 0 aliphatic carbocycles. The third kappa shape index (κ3) is 2.25. The molecule has 0 unspecified atom stereocenters. The molecule has 0 amide bonds. The number of hydrogen-bond donors (Lipinski definition) is 2. The Labute approximate surface area is 84.8 Å². The topological polar surface area (TPSA) is 79.4 Å². The number of nitrogens with zero attached hydrogens (tertiary/aromatic N) is 4. The second kappa shape index (κ2) is 4.14. The molecule has 14 heavy (non-hydrogen) atoms. The van der Waals surface area contributed by atoms with Crippen LogP contribution < -0.4 is 5.32 Å². The maximum atomic E-state index is 4.01. The highest BCUT2D eigenvalue weighted by molar-refractivity contribution is 7.15. The van der Waals surface area contributed by atoms with Crippen LogP contribution in [0.1, 0.15) is 10.8 Å². The normalized spacial score (nSPS) is 10.4. The summed E-state index contributed by atoms with van der Waals surface area (Å²) in [6.45, 7) is 2.71. The van der Waals surface area contributed by atoms with Gasteiger partial charge in [-0.2, -0.15) is 5.10 Å². The van der Waals surface area contributed by atoms with Crippen molar-refractivity contribution < 1.29 is 0 Å². The first-order chi connectivity index (χ1) is 6.84. The molecule has 2 N–H and O–H groups in total. The average Bonchev–Trinajstić information content (AvgIpc) is 2.77. The Balaban J connectivity index is 1.78. The fraction of sp³-hybridized carbons (Fsp3) is 0.429. The summed E-state index contributed by atoms with van der Waals surface area (Å²) < 4.78 is 0. The van der Waals surface area contributed by atoms with Crippen LogP contribution in [0.15, 0.2) is 6.33 Å². The summed E-state index contributed by atoms with van der Waals surface area (Å²) >= 11 is 1.55. The van der Waals surface area contributed by atoms with E-state index in [0.29, 0.717) is 0 Å². The van der Waals surface area contributed by atoms with Crippen LogP contribution in [0.25, 0.3) is 0 Å². The number of hydrogen-bond acceptors (Lipinski definition) is 6. The highest BCUT2D eigenvalue weighted by Gasteiger charge is 1.99. The van der Waals surface area contributed by atoms with Gasteiger partial charge in [-0.05, 0) is 6.92 Å². The Kier molecular flexibility index (Phi) is 2.68. The first-order valence-electron chi connectivity index (χ1n) is 4.23. The molecule has 2 heterocycles. The van der Waals surface area contributed by atoms with Crippen molar-refractivity contribution >= 4 is 16.5 Å². The van der Waals surface area contributed by atoms with E-state index in [0.717, 1.165) is 28.9 Å². The van der Waals surface area contributed by atoms with E-state index < -0.39 is 0 Å². The number of anilines is 1. The molecule has 0 bridgehead atoms. The lowest BCUT2D eigenvalue weighted by molar-refractivity contribution is 0.895. The van der Waals surface area contributed by atoms with Gasteiger partial charge in [-0.15, -0.1) is 10.2 Å². The van der Waals surface area contributed by atoms with Gasteiger partial charge < -0.3 is 5.32 Å². The van der Waals surface area contributed by atoms with Crippen LogP contribution in [0.5, 0.6) is 0 Å². The second-order valence-electron chi connectivity index (χ2n) is 2.74. The predicted octanol–water partition coefficient (Wildman–Crippen LogP) is 0.619. The maximum Gasteiger partial charge on any atom is 0.205 e. The zero-order valence-electron chi connectivity index (χ0n) is 7.69. The van der Waals surface area contributed by atoms with E-state index in [9.17, 15) is 0 Å². The molecule has 2 aromatic heterocycles. The molecule has 0 aliphatic heterocycles. The quantitative estimate of drug-likeness (QED) is 0.773. The van der Waals surface area contributed by atoms with Crippen LogP contribution in [0.3, 0.4) is 0 Å². The van der Waals surface area contributed by atoms with Gasteiger partial charge in [0.05, 0.1) is 0 Å². The first kappa shape index (κ1) is 9.07. The molecule has 0 fully saturated rings. The van der Waals surface area contributed by atoms with Crippen molar-refractivity contribution in [3.63, 3.8) is 0 Å². The molecule has 0 saturated carbocycles. The van der Waals surface area contributed by atoms with Crippen LogP contribution in [0.4, 0.5) is 5.13 Å². The highest BCUT2D eigenvalue weighted by atomic mass is 32.1. The van der Waals surface area contributed by atoms with Gasteiger partial charge in [0.25, 0.3) is 0 Å². The molecule has 0 atom stereocenters. The fourth-order valence-corrected chi connectivity index (χ4v) is 1.62. The summed E-state index contributed by atoms with van der Waals surface area (Å²) in [6, 6.07) is 0. The van der Waals surface area contributed by atoms with Crippen LogP contribution in [-0.4, -0.2) is 31.9 Å². The smallest absolute Gasteiger partial charge is 0.205 e. The summed E-state index contributed by atoms with van der Waals surface area (Å²) in [5.41, 5.74) is 0.